The number of methoxy groups -OCH3 is 1. The number of likely N-dealkylation sites (N-methyl/N-ethyl adjacent to an activating group) is 1. The Hall–Kier alpha value is -2.53. The van der Waals surface area contributed by atoms with Gasteiger partial charge < -0.3 is 19.7 Å². The highest BCUT2D eigenvalue weighted by atomic mass is 16.5. The van der Waals surface area contributed by atoms with E-state index in [0.717, 1.165) is 54.2 Å². The van der Waals surface area contributed by atoms with Crippen LogP contribution in [0.15, 0.2) is 42.5 Å². The minimum Gasteiger partial charge on any atom is -0.496 e. The Bertz CT molecular complexity index is 836. The van der Waals surface area contributed by atoms with Crippen molar-refractivity contribution >= 4 is 5.91 Å². The van der Waals surface area contributed by atoms with Crippen LogP contribution in [-0.2, 0) is 6.42 Å². The second-order valence-electron chi connectivity index (χ2n) is 7.46. The van der Waals surface area contributed by atoms with Crippen molar-refractivity contribution in [3.63, 3.8) is 0 Å². The summed E-state index contributed by atoms with van der Waals surface area (Å²) in [5.74, 6) is 2.52. The Labute approximate surface area is 160 Å². The number of amides is 1. The molecular formula is C22H26N2O3. The summed E-state index contributed by atoms with van der Waals surface area (Å²) in [4.78, 5) is 14.9. The molecule has 0 saturated carbocycles. The lowest BCUT2D eigenvalue weighted by atomic mass is 9.87. The first kappa shape index (κ1) is 17.9. The van der Waals surface area contributed by atoms with Gasteiger partial charge in [0, 0.05) is 37.5 Å². The molecule has 4 rings (SSSR count). The summed E-state index contributed by atoms with van der Waals surface area (Å²) in [5.41, 5.74) is 3.02. The zero-order chi connectivity index (χ0) is 18.8. The van der Waals surface area contributed by atoms with Gasteiger partial charge in [-0.15, -0.1) is 0 Å². The number of nitrogens with zero attached hydrogens (tertiary/aromatic N) is 1. The van der Waals surface area contributed by atoms with Crippen molar-refractivity contribution in [1.29, 1.82) is 0 Å². The lowest BCUT2D eigenvalue weighted by Gasteiger charge is -2.17. The number of nitrogens with one attached hydrogen (secondary N) is 1. The fraction of sp³-hybridized carbons (Fsp3) is 0.409. The first-order valence-corrected chi connectivity index (χ1v) is 9.51. The second kappa shape index (κ2) is 7.61. The predicted molar refractivity (Wildman–Crippen MR) is 105 cm³/mol. The zero-order valence-corrected chi connectivity index (χ0v) is 15.9. The van der Waals surface area contributed by atoms with Gasteiger partial charge in [-0.05, 0) is 42.3 Å². The molecule has 0 bridgehead atoms. The van der Waals surface area contributed by atoms with Crippen molar-refractivity contribution in [3.05, 3.63) is 59.2 Å². The van der Waals surface area contributed by atoms with Crippen molar-refractivity contribution < 1.29 is 14.3 Å². The van der Waals surface area contributed by atoms with Gasteiger partial charge in [0.25, 0.3) is 5.91 Å². The average molecular weight is 366 g/mol. The molecule has 1 N–H and O–H groups in total. The number of carbonyl (C=O) groups is 1. The fourth-order valence-corrected chi connectivity index (χ4v) is 4.30. The molecule has 0 aromatic heterocycles. The molecule has 2 aromatic rings. The van der Waals surface area contributed by atoms with E-state index in [4.69, 9.17) is 9.47 Å². The van der Waals surface area contributed by atoms with E-state index >= 15 is 0 Å². The van der Waals surface area contributed by atoms with Gasteiger partial charge in [-0.1, -0.05) is 24.3 Å². The minimum absolute atomic E-state index is 0.0113. The molecule has 142 valence electrons. The molecule has 5 heteroatoms. The Morgan fingerprint density at radius 3 is 2.89 bits per heavy atom. The Morgan fingerprint density at radius 1 is 1.19 bits per heavy atom. The van der Waals surface area contributed by atoms with E-state index in [9.17, 15) is 4.79 Å². The second-order valence-corrected chi connectivity index (χ2v) is 7.46. The van der Waals surface area contributed by atoms with Crippen LogP contribution in [0.3, 0.4) is 0 Å². The summed E-state index contributed by atoms with van der Waals surface area (Å²) in [6.45, 7) is 3.31. The van der Waals surface area contributed by atoms with Crippen molar-refractivity contribution in [3.8, 4) is 11.5 Å². The van der Waals surface area contributed by atoms with Crippen molar-refractivity contribution in [2.24, 2.45) is 5.92 Å². The average Bonchev–Trinajstić information content (AvgIpc) is 3.01. The zero-order valence-electron chi connectivity index (χ0n) is 15.9. The van der Waals surface area contributed by atoms with Gasteiger partial charge >= 0.3 is 0 Å². The number of carbonyl (C=O) groups excluding carboxylic acids is 1. The quantitative estimate of drug-likeness (QED) is 0.884. The van der Waals surface area contributed by atoms with E-state index in [0.29, 0.717) is 18.4 Å². The molecule has 2 unspecified atom stereocenters. The maximum absolute atomic E-state index is 12.6. The fourth-order valence-electron chi connectivity index (χ4n) is 4.30. The van der Waals surface area contributed by atoms with Crippen LogP contribution in [0.25, 0.3) is 0 Å². The summed E-state index contributed by atoms with van der Waals surface area (Å²) in [6, 6.07) is 13.9. The minimum atomic E-state index is 0.0113. The third-order valence-electron chi connectivity index (χ3n) is 5.65. The van der Waals surface area contributed by atoms with Crippen LogP contribution in [-0.4, -0.2) is 51.2 Å². The lowest BCUT2D eigenvalue weighted by Crippen LogP contribution is -2.29. The normalized spacial score (nSPS) is 21.8. The van der Waals surface area contributed by atoms with Gasteiger partial charge in [0.1, 0.15) is 11.5 Å². The summed E-state index contributed by atoms with van der Waals surface area (Å²) in [5, 5.41) is 3.08. The predicted octanol–water partition coefficient (Wildman–Crippen LogP) is 2.71. The maximum atomic E-state index is 12.6. The maximum Gasteiger partial charge on any atom is 0.251 e. The summed E-state index contributed by atoms with van der Waals surface area (Å²) < 4.78 is 11.3. The van der Waals surface area contributed by atoms with Crippen LogP contribution in [0, 0.1) is 5.92 Å². The number of likely N-dealkylation sites (tertiary alicyclic amines) is 1. The SMILES string of the molecule is COc1ccccc1CCOc1ccc2c(c1)C(=O)NCC1CN(C)CC21. The first-order valence-electron chi connectivity index (χ1n) is 9.51. The molecule has 2 atom stereocenters. The smallest absolute Gasteiger partial charge is 0.251 e. The van der Waals surface area contributed by atoms with E-state index in [1.54, 1.807) is 7.11 Å². The van der Waals surface area contributed by atoms with Crippen LogP contribution in [0.5, 0.6) is 11.5 Å². The highest BCUT2D eigenvalue weighted by Gasteiger charge is 2.36. The van der Waals surface area contributed by atoms with Crippen molar-refractivity contribution in [2.75, 3.05) is 40.4 Å². The van der Waals surface area contributed by atoms with E-state index in [2.05, 4.69) is 23.3 Å². The molecule has 0 aliphatic carbocycles. The molecule has 2 heterocycles. The van der Waals surface area contributed by atoms with Crippen LogP contribution in [0.2, 0.25) is 0 Å². The molecule has 5 nitrogen and oxygen atoms in total. The molecule has 1 fully saturated rings. The lowest BCUT2D eigenvalue weighted by molar-refractivity contribution is 0.0951. The molecule has 1 saturated heterocycles. The van der Waals surface area contributed by atoms with E-state index < -0.39 is 0 Å². The van der Waals surface area contributed by atoms with Gasteiger partial charge in [0.15, 0.2) is 0 Å². The number of rotatable bonds is 5. The molecule has 1 amide bonds. The third-order valence-corrected chi connectivity index (χ3v) is 5.65. The Kier molecular flexibility index (Phi) is 5.03. The van der Waals surface area contributed by atoms with Crippen LogP contribution in [0.1, 0.15) is 27.4 Å². The number of fused-ring (bicyclic) bond motifs is 3. The Morgan fingerprint density at radius 2 is 2.04 bits per heavy atom. The Balaban J connectivity index is 1.48. The third kappa shape index (κ3) is 3.65. The van der Waals surface area contributed by atoms with E-state index in [1.165, 1.54) is 0 Å². The molecule has 27 heavy (non-hydrogen) atoms. The largest absolute Gasteiger partial charge is 0.496 e. The monoisotopic (exact) mass is 366 g/mol. The van der Waals surface area contributed by atoms with E-state index in [-0.39, 0.29) is 5.91 Å². The summed E-state index contributed by atoms with van der Waals surface area (Å²) >= 11 is 0. The molecule has 2 aromatic carbocycles. The highest BCUT2D eigenvalue weighted by Crippen LogP contribution is 2.36. The van der Waals surface area contributed by atoms with Gasteiger partial charge in [0.05, 0.1) is 13.7 Å². The highest BCUT2D eigenvalue weighted by molar-refractivity contribution is 5.96. The first-order chi connectivity index (χ1) is 13.2. The molecular weight excluding hydrogens is 340 g/mol. The van der Waals surface area contributed by atoms with Gasteiger partial charge in [-0.3, -0.25) is 4.79 Å². The topological polar surface area (TPSA) is 50.8 Å². The summed E-state index contributed by atoms with van der Waals surface area (Å²) in [6.07, 6.45) is 0.753. The number of hydrogen-bond donors (Lipinski definition) is 1. The van der Waals surface area contributed by atoms with Crippen molar-refractivity contribution in [2.45, 2.75) is 12.3 Å². The standard InChI is InChI=1S/C22H26N2O3/c1-24-13-16-12-23-22(25)19-11-17(7-8-18(19)20(16)14-24)27-10-9-15-5-3-4-6-21(15)26-2/h3-8,11,16,20H,9-10,12-14H2,1-2H3,(H,23,25). The van der Waals surface area contributed by atoms with Gasteiger partial charge in [-0.2, -0.15) is 0 Å². The number of benzene rings is 2. The van der Waals surface area contributed by atoms with Gasteiger partial charge in [-0.25, -0.2) is 0 Å². The molecule has 2 aliphatic heterocycles. The van der Waals surface area contributed by atoms with Gasteiger partial charge in [0.2, 0.25) is 0 Å². The molecule has 0 radical (unpaired) electrons. The van der Waals surface area contributed by atoms with Crippen LogP contribution >= 0.6 is 0 Å². The van der Waals surface area contributed by atoms with Crippen LogP contribution < -0.4 is 14.8 Å². The number of hydrogen-bond acceptors (Lipinski definition) is 4. The van der Waals surface area contributed by atoms with E-state index in [1.807, 2.05) is 36.4 Å². The molecule has 2 aliphatic rings. The van der Waals surface area contributed by atoms with Crippen LogP contribution in [0.4, 0.5) is 0 Å². The summed E-state index contributed by atoms with van der Waals surface area (Å²) in [7, 11) is 3.82. The van der Waals surface area contributed by atoms with Crippen molar-refractivity contribution in [1.82, 2.24) is 10.2 Å². The number of ether oxygens (including phenoxy) is 2. The molecule has 0 spiro atoms. The number of para-hydroxylation sites is 1.